The Balaban J connectivity index is 4.80. The van der Waals surface area contributed by atoms with Crippen LogP contribution in [0.4, 0.5) is 13.2 Å². The van der Waals surface area contributed by atoms with E-state index < -0.39 is 27.2 Å². The monoisotopic (exact) mass is 324 g/mol. The molecule has 0 heterocycles. The maximum absolute atomic E-state index is 12.1. The molecule has 0 rings (SSSR count). The van der Waals surface area contributed by atoms with Crippen LogP contribution in [0.15, 0.2) is 0 Å². The molecule has 0 fully saturated rings. The molecule has 3 nitrogen and oxygen atoms in total. The topological polar surface area (TPSA) is 43.4 Å². The van der Waals surface area contributed by atoms with Crippen LogP contribution in [0.3, 0.4) is 0 Å². The zero-order valence-corrected chi connectivity index (χ0v) is 12.7. The van der Waals surface area contributed by atoms with Gasteiger partial charge in [0.05, 0.1) is 12.4 Å². The summed E-state index contributed by atoms with van der Waals surface area (Å²) in [5.74, 6) is -0.360. The summed E-state index contributed by atoms with van der Waals surface area (Å²) in [7, 11) is 1.47. The Kier molecular flexibility index (Phi) is 7.68. The van der Waals surface area contributed by atoms with Crippen molar-refractivity contribution >= 4 is 19.7 Å². The van der Waals surface area contributed by atoms with Crippen molar-refractivity contribution in [3.63, 3.8) is 0 Å². The Hall–Kier alpha value is -0.0100. The second-order valence-corrected chi connectivity index (χ2v) is 7.57. The van der Waals surface area contributed by atoms with E-state index in [0.717, 1.165) is 0 Å². The molecule has 0 saturated carbocycles. The molecule has 8 heteroatoms. The predicted molar refractivity (Wildman–Crippen MR) is 68.8 cm³/mol. The molecule has 0 aliphatic rings. The number of hydrogen-bond donors (Lipinski definition) is 0. The molecular formula is C11H20ClF3O3S. The van der Waals surface area contributed by atoms with Crippen molar-refractivity contribution in [1.82, 2.24) is 0 Å². The Labute approximate surface area is 116 Å². The molecule has 0 unspecified atom stereocenters. The van der Waals surface area contributed by atoms with Crippen LogP contribution in [0.5, 0.6) is 0 Å². The van der Waals surface area contributed by atoms with Gasteiger partial charge in [0.15, 0.2) is 0 Å². The summed E-state index contributed by atoms with van der Waals surface area (Å²) < 4.78 is 63.4. The Bertz CT molecular complexity index is 349. The molecule has 0 radical (unpaired) electrons. The van der Waals surface area contributed by atoms with Crippen LogP contribution in [0.1, 0.15) is 39.5 Å². The first-order chi connectivity index (χ1) is 8.54. The minimum atomic E-state index is -4.41. The Morgan fingerprint density at radius 3 is 1.84 bits per heavy atom. The molecule has 0 amide bonds. The first-order valence-corrected chi connectivity index (χ1v) is 8.58. The van der Waals surface area contributed by atoms with Gasteiger partial charge in [-0.05, 0) is 12.8 Å². The van der Waals surface area contributed by atoms with E-state index in [4.69, 9.17) is 10.7 Å². The maximum atomic E-state index is 12.1. The molecule has 0 aromatic rings. The van der Waals surface area contributed by atoms with E-state index in [9.17, 15) is 21.6 Å². The van der Waals surface area contributed by atoms with Crippen LogP contribution in [-0.2, 0) is 13.8 Å². The molecule has 0 aromatic heterocycles. The van der Waals surface area contributed by atoms with Crippen LogP contribution in [0, 0.1) is 5.41 Å². The smallest absolute Gasteiger partial charge is 0.371 e. The van der Waals surface area contributed by atoms with Crippen LogP contribution >= 0.6 is 10.7 Å². The number of hydrogen-bond acceptors (Lipinski definition) is 3. The van der Waals surface area contributed by atoms with Crippen LogP contribution < -0.4 is 0 Å². The van der Waals surface area contributed by atoms with Crippen LogP contribution in [-0.4, -0.2) is 33.6 Å². The van der Waals surface area contributed by atoms with E-state index in [-0.39, 0.29) is 12.4 Å². The lowest BCUT2D eigenvalue weighted by molar-refractivity contribution is -0.180. The molecule has 0 bridgehead atoms. The van der Waals surface area contributed by atoms with Gasteiger partial charge in [-0.1, -0.05) is 26.7 Å². The highest BCUT2D eigenvalue weighted by Crippen LogP contribution is 2.33. The largest absolute Gasteiger partial charge is 0.411 e. The fourth-order valence-corrected chi connectivity index (χ4v) is 4.06. The van der Waals surface area contributed by atoms with Gasteiger partial charge < -0.3 is 4.74 Å². The van der Waals surface area contributed by atoms with E-state index in [1.54, 1.807) is 0 Å². The van der Waals surface area contributed by atoms with Crippen molar-refractivity contribution in [2.45, 2.75) is 45.7 Å². The van der Waals surface area contributed by atoms with Gasteiger partial charge in [-0.3, -0.25) is 0 Å². The van der Waals surface area contributed by atoms with Gasteiger partial charge in [0.1, 0.15) is 6.61 Å². The summed E-state index contributed by atoms with van der Waals surface area (Å²) in [5.41, 5.74) is -0.838. The quantitative estimate of drug-likeness (QED) is 0.607. The van der Waals surface area contributed by atoms with E-state index in [1.165, 1.54) is 0 Å². The molecule has 116 valence electrons. The van der Waals surface area contributed by atoms with Crippen molar-refractivity contribution in [2.75, 3.05) is 19.0 Å². The molecule has 19 heavy (non-hydrogen) atoms. The minimum absolute atomic E-state index is 0.250. The number of halogens is 4. The summed E-state index contributed by atoms with van der Waals surface area (Å²) in [5, 5.41) is 0. The van der Waals surface area contributed by atoms with Crippen molar-refractivity contribution in [3.05, 3.63) is 0 Å². The average Bonchev–Trinajstić information content (AvgIpc) is 2.13. The second-order valence-electron chi connectivity index (χ2n) is 4.79. The van der Waals surface area contributed by atoms with E-state index >= 15 is 0 Å². The molecule has 0 saturated heterocycles. The first kappa shape index (κ1) is 19.0. The normalized spacial score (nSPS) is 13.8. The minimum Gasteiger partial charge on any atom is -0.371 e. The fraction of sp³-hybridized carbons (Fsp3) is 1.00. The second kappa shape index (κ2) is 7.69. The lowest BCUT2D eigenvalue weighted by atomic mass is 9.82. The summed E-state index contributed by atoms with van der Waals surface area (Å²) in [4.78, 5) is 0. The zero-order valence-electron chi connectivity index (χ0n) is 11.1. The van der Waals surface area contributed by atoms with E-state index in [2.05, 4.69) is 4.74 Å². The third kappa shape index (κ3) is 9.51. The maximum Gasteiger partial charge on any atom is 0.411 e. The van der Waals surface area contributed by atoms with Gasteiger partial charge >= 0.3 is 6.18 Å². The molecule has 0 aromatic carbocycles. The van der Waals surface area contributed by atoms with Crippen molar-refractivity contribution < 1.29 is 26.3 Å². The lowest BCUT2D eigenvalue weighted by Crippen LogP contribution is -2.35. The first-order valence-electron chi connectivity index (χ1n) is 6.10. The summed E-state index contributed by atoms with van der Waals surface area (Å²) >= 11 is 0. The highest BCUT2D eigenvalue weighted by molar-refractivity contribution is 8.13. The summed E-state index contributed by atoms with van der Waals surface area (Å²) in [6.45, 7) is 2.06. The number of ether oxygens (including phenoxy) is 1. The summed E-state index contributed by atoms with van der Waals surface area (Å²) in [6.07, 6.45) is -2.18. The predicted octanol–water partition coefficient (Wildman–Crippen LogP) is 3.72. The van der Waals surface area contributed by atoms with E-state index in [0.29, 0.717) is 25.7 Å². The van der Waals surface area contributed by atoms with Gasteiger partial charge in [0.2, 0.25) is 9.05 Å². The average molecular weight is 325 g/mol. The van der Waals surface area contributed by atoms with E-state index in [1.807, 2.05) is 13.8 Å². The number of rotatable bonds is 9. The Morgan fingerprint density at radius 1 is 1.05 bits per heavy atom. The molecule has 0 aliphatic carbocycles. The fourth-order valence-electron chi connectivity index (χ4n) is 2.26. The highest BCUT2D eigenvalue weighted by Gasteiger charge is 2.36. The summed E-state index contributed by atoms with van der Waals surface area (Å²) in [6, 6.07) is 0. The SMILES string of the molecule is CCCC(CCC)(COCC(F)(F)F)CS(=O)(=O)Cl. The van der Waals surface area contributed by atoms with Crippen LogP contribution in [0.2, 0.25) is 0 Å². The number of alkyl halides is 3. The molecular weight excluding hydrogens is 305 g/mol. The van der Waals surface area contributed by atoms with Gasteiger partial charge in [0.25, 0.3) is 0 Å². The van der Waals surface area contributed by atoms with Gasteiger partial charge in [-0.15, -0.1) is 0 Å². The van der Waals surface area contributed by atoms with Crippen molar-refractivity contribution in [2.24, 2.45) is 5.41 Å². The van der Waals surface area contributed by atoms with Crippen molar-refractivity contribution in [1.29, 1.82) is 0 Å². The highest BCUT2D eigenvalue weighted by atomic mass is 35.7. The molecule has 0 spiro atoms. The zero-order chi connectivity index (χ0) is 15.2. The lowest BCUT2D eigenvalue weighted by Gasteiger charge is -2.32. The van der Waals surface area contributed by atoms with Gasteiger partial charge in [-0.25, -0.2) is 8.42 Å². The molecule has 0 atom stereocenters. The molecule has 0 N–H and O–H groups in total. The van der Waals surface area contributed by atoms with Crippen molar-refractivity contribution in [3.8, 4) is 0 Å². The van der Waals surface area contributed by atoms with Gasteiger partial charge in [0, 0.05) is 16.1 Å². The standard InChI is InChI=1S/C11H20ClF3O3S/c1-3-5-10(6-4-2,9-19(12,16)17)7-18-8-11(13,14)15/h3-9H2,1-2H3. The third-order valence-electron chi connectivity index (χ3n) is 2.71. The molecule has 0 aliphatic heterocycles. The van der Waals surface area contributed by atoms with Gasteiger partial charge in [-0.2, -0.15) is 13.2 Å². The Morgan fingerprint density at radius 2 is 1.53 bits per heavy atom. The van der Waals surface area contributed by atoms with Crippen LogP contribution in [0.25, 0.3) is 0 Å². The third-order valence-corrected chi connectivity index (χ3v) is 4.00.